The minimum absolute atomic E-state index is 0.100. The molecule has 0 saturated heterocycles. The number of urea groups is 1. The number of hydrogen-bond acceptors (Lipinski definition) is 3. The zero-order valence-electron chi connectivity index (χ0n) is 9.56. The van der Waals surface area contributed by atoms with Crippen molar-refractivity contribution in [2.24, 2.45) is 4.99 Å². The Bertz CT molecular complexity index is 508. The number of amides is 3. The lowest BCUT2D eigenvalue weighted by molar-refractivity contribution is -0.113. The summed E-state index contributed by atoms with van der Waals surface area (Å²) in [6.45, 7) is 1.94. The first-order valence-electron chi connectivity index (χ1n) is 5.15. The topological polar surface area (TPSA) is 67.8 Å². The highest BCUT2D eigenvalue weighted by atomic mass is 16.5. The Morgan fingerprint density at radius 2 is 2.12 bits per heavy atom. The molecule has 1 aromatic carbocycles. The lowest BCUT2D eigenvalue weighted by Gasteiger charge is -2.14. The van der Waals surface area contributed by atoms with Gasteiger partial charge in [-0.3, -0.25) is 10.1 Å². The lowest BCUT2D eigenvalue weighted by atomic mass is 10.0. The third-order valence-electron chi connectivity index (χ3n) is 2.50. The van der Waals surface area contributed by atoms with Gasteiger partial charge in [0.2, 0.25) is 0 Å². The van der Waals surface area contributed by atoms with Crippen molar-refractivity contribution in [3.63, 3.8) is 0 Å². The molecule has 88 valence electrons. The van der Waals surface area contributed by atoms with E-state index in [0.717, 1.165) is 11.1 Å². The summed E-state index contributed by atoms with van der Waals surface area (Å²) in [5.74, 6) is -0.497. The number of aryl methyl sites for hydroxylation is 1. The molecule has 0 bridgehead atoms. The highest BCUT2D eigenvalue weighted by Crippen LogP contribution is 2.21. The number of hydrogen-bond donors (Lipinski definition) is 1. The van der Waals surface area contributed by atoms with Crippen LogP contribution in [0, 0.1) is 6.92 Å². The molecule has 2 rings (SSSR count). The van der Waals surface area contributed by atoms with E-state index in [0.29, 0.717) is 0 Å². The summed E-state index contributed by atoms with van der Waals surface area (Å²) < 4.78 is 5.25. The zero-order chi connectivity index (χ0) is 12.4. The maximum Gasteiger partial charge on any atom is 0.348 e. The van der Waals surface area contributed by atoms with E-state index in [9.17, 15) is 9.59 Å². The first kappa shape index (κ1) is 11.5. The van der Waals surface area contributed by atoms with Gasteiger partial charge in [-0.15, -0.1) is 0 Å². The molecule has 1 unspecified atom stereocenters. The van der Waals surface area contributed by atoms with Crippen LogP contribution >= 0.6 is 0 Å². The monoisotopic (exact) mass is 232 g/mol. The molecule has 1 aliphatic heterocycles. The summed E-state index contributed by atoms with van der Waals surface area (Å²) in [6.07, 6.45) is -0.610. The summed E-state index contributed by atoms with van der Waals surface area (Å²) >= 11 is 0. The molecule has 5 heteroatoms. The fourth-order valence-electron chi connectivity index (χ4n) is 1.77. The Morgan fingerprint density at radius 1 is 1.35 bits per heavy atom. The molecule has 0 saturated carbocycles. The molecule has 0 fully saturated rings. The van der Waals surface area contributed by atoms with Crippen LogP contribution in [-0.4, -0.2) is 24.8 Å². The van der Waals surface area contributed by atoms with Crippen LogP contribution in [0.2, 0.25) is 0 Å². The number of imide groups is 1. The molecule has 1 atom stereocenters. The van der Waals surface area contributed by atoms with Crippen LogP contribution in [0.5, 0.6) is 0 Å². The number of methoxy groups -OCH3 is 1. The normalized spacial score (nSPS) is 16.7. The second-order valence-electron chi connectivity index (χ2n) is 3.79. The molecule has 0 aromatic heterocycles. The van der Waals surface area contributed by atoms with Crippen LogP contribution in [0.3, 0.4) is 0 Å². The predicted octanol–water partition coefficient (Wildman–Crippen LogP) is 1.37. The highest BCUT2D eigenvalue weighted by molar-refractivity contribution is 6.47. The molecule has 0 spiro atoms. The lowest BCUT2D eigenvalue weighted by Crippen LogP contribution is -2.29. The van der Waals surface area contributed by atoms with Crippen molar-refractivity contribution in [2.75, 3.05) is 7.11 Å². The van der Waals surface area contributed by atoms with Crippen LogP contribution in [0.1, 0.15) is 17.2 Å². The van der Waals surface area contributed by atoms with Crippen LogP contribution < -0.4 is 5.32 Å². The number of carbonyl (C=O) groups excluding carboxylic acids is 2. The van der Waals surface area contributed by atoms with E-state index in [1.54, 1.807) is 0 Å². The van der Waals surface area contributed by atoms with E-state index in [2.05, 4.69) is 10.3 Å². The van der Waals surface area contributed by atoms with Crippen molar-refractivity contribution in [1.82, 2.24) is 5.32 Å². The maximum absolute atomic E-state index is 11.5. The van der Waals surface area contributed by atoms with Gasteiger partial charge in [0, 0.05) is 7.11 Å². The second kappa shape index (κ2) is 4.47. The van der Waals surface area contributed by atoms with Crippen molar-refractivity contribution in [2.45, 2.75) is 13.0 Å². The summed E-state index contributed by atoms with van der Waals surface area (Å²) in [5.41, 5.74) is 1.95. The van der Waals surface area contributed by atoms with Crippen molar-refractivity contribution >= 4 is 17.6 Å². The molecule has 1 aromatic rings. The third kappa shape index (κ3) is 2.24. The number of carbonyl (C=O) groups is 2. The van der Waals surface area contributed by atoms with E-state index in [1.807, 2.05) is 31.2 Å². The Hall–Kier alpha value is -2.01. The number of ether oxygens (including phenoxy) is 1. The number of rotatable bonds is 3. The van der Waals surface area contributed by atoms with Gasteiger partial charge in [0.05, 0.1) is 0 Å². The van der Waals surface area contributed by atoms with E-state index < -0.39 is 18.0 Å². The van der Waals surface area contributed by atoms with Gasteiger partial charge in [0.25, 0.3) is 5.91 Å². The molecule has 0 aliphatic carbocycles. The van der Waals surface area contributed by atoms with Crippen LogP contribution in [0.15, 0.2) is 29.3 Å². The first-order valence-corrected chi connectivity index (χ1v) is 5.15. The smallest absolute Gasteiger partial charge is 0.348 e. The fourth-order valence-corrected chi connectivity index (χ4v) is 1.77. The third-order valence-corrected chi connectivity index (χ3v) is 2.50. The van der Waals surface area contributed by atoms with E-state index in [-0.39, 0.29) is 5.71 Å². The Morgan fingerprint density at radius 3 is 2.65 bits per heavy atom. The minimum Gasteiger partial charge on any atom is -0.370 e. The number of benzene rings is 1. The number of nitrogens with one attached hydrogen (secondary N) is 1. The van der Waals surface area contributed by atoms with Gasteiger partial charge < -0.3 is 4.74 Å². The summed E-state index contributed by atoms with van der Waals surface area (Å²) in [4.78, 5) is 26.1. The van der Waals surface area contributed by atoms with E-state index in [1.165, 1.54) is 7.11 Å². The van der Waals surface area contributed by atoms with Crippen molar-refractivity contribution in [3.05, 3.63) is 35.4 Å². The Kier molecular flexibility index (Phi) is 3.01. The van der Waals surface area contributed by atoms with Gasteiger partial charge in [0.15, 0.2) is 0 Å². The Balaban J connectivity index is 2.37. The number of aliphatic imine (C=N–C) groups is 1. The maximum atomic E-state index is 11.5. The van der Waals surface area contributed by atoms with Gasteiger partial charge in [-0.25, -0.2) is 4.79 Å². The van der Waals surface area contributed by atoms with Crippen LogP contribution in [0.4, 0.5) is 4.79 Å². The van der Waals surface area contributed by atoms with Crippen molar-refractivity contribution in [1.29, 1.82) is 0 Å². The van der Waals surface area contributed by atoms with Gasteiger partial charge in [-0.05, 0) is 12.5 Å². The van der Waals surface area contributed by atoms with E-state index >= 15 is 0 Å². The van der Waals surface area contributed by atoms with Gasteiger partial charge in [0.1, 0.15) is 11.8 Å². The SMILES string of the molecule is COC(C1=NC(=O)NC1=O)c1cccc(C)c1. The minimum atomic E-state index is -0.639. The molecular weight excluding hydrogens is 220 g/mol. The van der Waals surface area contributed by atoms with Gasteiger partial charge in [-0.1, -0.05) is 29.8 Å². The average molecular weight is 232 g/mol. The summed E-state index contributed by atoms with van der Waals surface area (Å²) in [5, 5.41) is 2.10. The standard InChI is InChI=1S/C12H12N2O3/c1-7-4-3-5-8(6-7)10(17-2)9-11(15)14-12(16)13-9/h3-6,10H,1-2H3,(H,14,15,16). The van der Waals surface area contributed by atoms with Crippen LogP contribution in [0.25, 0.3) is 0 Å². The predicted molar refractivity (Wildman–Crippen MR) is 61.9 cm³/mol. The zero-order valence-corrected chi connectivity index (χ0v) is 9.56. The highest BCUT2D eigenvalue weighted by Gasteiger charge is 2.31. The molecule has 5 nitrogen and oxygen atoms in total. The Labute approximate surface area is 98.5 Å². The number of nitrogens with zero attached hydrogens (tertiary/aromatic N) is 1. The average Bonchev–Trinajstić information content (AvgIpc) is 2.59. The van der Waals surface area contributed by atoms with Gasteiger partial charge in [-0.2, -0.15) is 4.99 Å². The molecule has 1 aliphatic rings. The molecule has 3 amide bonds. The van der Waals surface area contributed by atoms with Crippen molar-refractivity contribution < 1.29 is 14.3 Å². The fraction of sp³-hybridized carbons (Fsp3) is 0.250. The second-order valence-corrected chi connectivity index (χ2v) is 3.79. The van der Waals surface area contributed by atoms with Crippen LogP contribution in [-0.2, 0) is 9.53 Å². The largest absolute Gasteiger partial charge is 0.370 e. The summed E-state index contributed by atoms with van der Waals surface area (Å²) in [6, 6.07) is 6.90. The molecule has 17 heavy (non-hydrogen) atoms. The quantitative estimate of drug-likeness (QED) is 0.855. The van der Waals surface area contributed by atoms with Gasteiger partial charge >= 0.3 is 6.03 Å². The summed E-state index contributed by atoms with van der Waals surface area (Å²) in [7, 11) is 1.48. The molecular formula is C12H12N2O3. The first-order chi connectivity index (χ1) is 8.11. The van der Waals surface area contributed by atoms with Crippen molar-refractivity contribution in [3.8, 4) is 0 Å². The molecule has 1 N–H and O–H groups in total. The van der Waals surface area contributed by atoms with E-state index in [4.69, 9.17) is 4.74 Å². The molecule has 1 heterocycles. The molecule has 0 radical (unpaired) electrons.